The molecule has 0 unspecified atom stereocenters. The van der Waals surface area contributed by atoms with E-state index in [4.69, 9.17) is 15.4 Å². The van der Waals surface area contributed by atoms with Crippen molar-refractivity contribution in [2.45, 2.75) is 20.4 Å². The van der Waals surface area contributed by atoms with Crippen molar-refractivity contribution >= 4 is 11.8 Å². The van der Waals surface area contributed by atoms with Gasteiger partial charge in [0.05, 0.1) is 18.6 Å². The predicted molar refractivity (Wildman–Crippen MR) is 80.0 cm³/mol. The fourth-order valence-electron chi connectivity index (χ4n) is 2.28. The molecule has 0 aliphatic rings. The van der Waals surface area contributed by atoms with Crippen LogP contribution in [0.5, 0.6) is 0 Å². The molecule has 0 aliphatic carbocycles. The van der Waals surface area contributed by atoms with Crippen LogP contribution in [0, 0.1) is 5.41 Å². The molecule has 8 heteroatoms. The van der Waals surface area contributed by atoms with Gasteiger partial charge < -0.3 is 13.9 Å². The van der Waals surface area contributed by atoms with Crippen LogP contribution < -0.4 is 5.48 Å². The highest BCUT2D eigenvalue weighted by Gasteiger charge is 2.20. The number of aromatic nitrogens is 3. The van der Waals surface area contributed by atoms with Crippen molar-refractivity contribution in [2.24, 2.45) is 7.05 Å². The van der Waals surface area contributed by atoms with Crippen LogP contribution in [0.4, 0.5) is 0 Å². The van der Waals surface area contributed by atoms with E-state index in [0.29, 0.717) is 30.2 Å². The number of hydroxylamine groups is 1. The molecule has 2 aromatic rings. The molecule has 0 bridgehead atoms. The Morgan fingerprint density at radius 3 is 2.82 bits per heavy atom. The summed E-state index contributed by atoms with van der Waals surface area (Å²) >= 11 is 0. The van der Waals surface area contributed by atoms with Crippen molar-refractivity contribution in [3.05, 3.63) is 30.0 Å². The molecule has 118 valence electrons. The van der Waals surface area contributed by atoms with E-state index < -0.39 is 5.97 Å². The monoisotopic (exact) mass is 305 g/mol. The van der Waals surface area contributed by atoms with Crippen LogP contribution in [-0.4, -0.2) is 37.7 Å². The molecule has 0 atom stereocenters. The lowest BCUT2D eigenvalue weighted by molar-refractivity contribution is 0.0514. The standard InChI is InChI=1S/C14H19N5O3/c1-4-19-7-9(6-10(19)14(20)22-5-2)12-11(13(15)17-21)16-8-18(12)3/h6-8,21H,4-5H2,1-3H3,(H2,15,17). The van der Waals surface area contributed by atoms with Gasteiger partial charge in [-0.05, 0) is 19.9 Å². The number of hydrogen-bond donors (Lipinski definition) is 3. The Balaban J connectivity index is 2.53. The zero-order valence-corrected chi connectivity index (χ0v) is 12.8. The topological polar surface area (TPSA) is 105 Å². The third-order valence-corrected chi connectivity index (χ3v) is 3.28. The van der Waals surface area contributed by atoms with E-state index in [1.54, 1.807) is 47.2 Å². The molecule has 0 aliphatic heterocycles. The average molecular weight is 305 g/mol. The van der Waals surface area contributed by atoms with E-state index in [9.17, 15) is 4.79 Å². The molecule has 22 heavy (non-hydrogen) atoms. The van der Waals surface area contributed by atoms with Crippen LogP contribution in [0.15, 0.2) is 18.6 Å². The van der Waals surface area contributed by atoms with Gasteiger partial charge in [0.2, 0.25) is 0 Å². The van der Waals surface area contributed by atoms with E-state index >= 15 is 0 Å². The first-order chi connectivity index (χ1) is 10.5. The van der Waals surface area contributed by atoms with E-state index in [1.165, 1.54) is 0 Å². The molecular weight excluding hydrogens is 286 g/mol. The lowest BCUT2D eigenvalue weighted by Crippen LogP contribution is -2.20. The zero-order valence-electron chi connectivity index (χ0n) is 12.8. The maximum absolute atomic E-state index is 12.0. The van der Waals surface area contributed by atoms with Gasteiger partial charge in [-0.15, -0.1) is 0 Å². The number of amidine groups is 1. The molecule has 0 saturated heterocycles. The number of rotatable bonds is 5. The number of nitrogens with zero attached hydrogens (tertiary/aromatic N) is 3. The van der Waals surface area contributed by atoms with Crippen molar-refractivity contribution < 1.29 is 14.7 Å². The van der Waals surface area contributed by atoms with Gasteiger partial charge in [0.25, 0.3) is 0 Å². The summed E-state index contributed by atoms with van der Waals surface area (Å²) in [6.07, 6.45) is 3.35. The van der Waals surface area contributed by atoms with Crippen LogP contribution in [0.2, 0.25) is 0 Å². The molecule has 0 fully saturated rings. The number of carbonyl (C=O) groups excluding carboxylic acids is 1. The number of aryl methyl sites for hydroxylation is 2. The molecule has 2 aromatic heterocycles. The number of carbonyl (C=O) groups is 1. The second-order valence-corrected chi connectivity index (χ2v) is 4.66. The Morgan fingerprint density at radius 2 is 2.23 bits per heavy atom. The summed E-state index contributed by atoms with van der Waals surface area (Å²) in [5.41, 5.74) is 3.88. The minimum Gasteiger partial charge on any atom is -0.461 e. The minimum absolute atomic E-state index is 0.211. The first-order valence-corrected chi connectivity index (χ1v) is 6.91. The van der Waals surface area contributed by atoms with Crippen LogP contribution in [0.25, 0.3) is 11.3 Å². The highest BCUT2D eigenvalue weighted by atomic mass is 16.5. The van der Waals surface area contributed by atoms with E-state index in [0.717, 1.165) is 5.56 Å². The lowest BCUT2D eigenvalue weighted by atomic mass is 10.1. The quantitative estimate of drug-likeness (QED) is 0.335. The molecule has 2 rings (SSSR count). The number of hydrogen-bond acceptors (Lipinski definition) is 5. The molecule has 0 radical (unpaired) electrons. The van der Waals surface area contributed by atoms with E-state index in [1.807, 2.05) is 6.92 Å². The summed E-state index contributed by atoms with van der Waals surface area (Å²) in [7, 11) is 1.78. The van der Waals surface area contributed by atoms with Gasteiger partial charge in [0.15, 0.2) is 5.84 Å². The van der Waals surface area contributed by atoms with Gasteiger partial charge in [-0.25, -0.2) is 9.78 Å². The lowest BCUT2D eigenvalue weighted by Gasteiger charge is -2.04. The van der Waals surface area contributed by atoms with Crippen molar-refractivity contribution in [3.8, 4) is 11.3 Å². The molecule has 0 aromatic carbocycles. The van der Waals surface area contributed by atoms with Crippen LogP contribution in [0.1, 0.15) is 30.0 Å². The van der Waals surface area contributed by atoms with E-state index in [2.05, 4.69) is 4.98 Å². The maximum atomic E-state index is 12.0. The SMILES string of the molecule is CCOC(=O)c1cc(-c2c(C(=N)NO)ncn2C)cn1CC. The fraction of sp³-hybridized carbons (Fsp3) is 0.357. The summed E-state index contributed by atoms with van der Waals surface area (Å²) in [6.45, 7) is 4.59. The maximum Gasteiger partial charge on any atom is 0.354 e. The first kappa shape index (κ1) is 15.8. The van der Waals surface area contributed by atoms with Gasteiger partial charge in [-0.2, -0.15) is 0 Å². The highest BCUT2D eigenvalue weighted by Crippen LogP contribution is 2.25. The Morgan fingerprint density at radius 1 is 1.50 bits per heavy atom. The Kier molecular flexibility index (Phi) is 4.62. The Bertz CT molecular complexity index is 701. The Labute approximate surface area is 127 Å². The predicted octanol–water partition coefficient (Wildman–Crippen LogP) is 1.39. The van der Waals surface area contributed by atoms with Crippen LogP contribution in [0.3, 0.4) is 0 Å². The van der Waals surface area contributed by atoms with Crippen molar-refractivity contribution in [3.63, 3.8) is 0 Å². The third-order valence-electron chi connectivity index (χ3n) is 3.28. The van der Waals surface area contributed by atoms with Crippen molar-refractivity contribution in [1.29, 1.82) is 5.41 Å². The minimum atomic E-state index is -0.394. The number of ether oxygens (including phenoxy) is 1. The van der Waals surface area contributed by atoms with Crippen molar-refractivity contribution in [1.82, 2.24) is 19.6 Å². The molecule has 0 spiro atoms. The molecular formula is C14H19N5O3. The van der Waals surface area contributed by atoms with Gasteiger partial charge in [0, 0.05) is 25.4 Å². The molecule has 0 amide bonds. The number of imidazole rings is 1. The van der Waals surface area contributed by atoms with Crippen LogP contribution >= 0.6 is 0 Å². The Hall–Kier alpha value is -2.61. The largest absolute Gasteiger partial charge is 0.461 e. The van der Waals surface area contributed by atoms with Crippen molar-refractivity contribution in [2.75, 3.05) is 6.61 Å². The summed E-state index contributed by atoms with van der Waals surface area (Å²) in [5, 5.41) is 16.6. The van der Waals surface area contributed by atoms with Gasteiger partial charge in [-0.3, -0.25) is 16.1 Å². The number of nitrogens with one attached hydrogen (secondary N) is 2. The molecule has 3 N–H and O–H groups in total. The van der Waals surface area contributed by atoms with Gasteiger partial charge in [-0.1, -0.05) is 0 Å². The summed E-state index contributed by atoms with van der Waals surface area (Å²) in [5.74, 6) is -0.604. The second-order valence-electron chi connectivity index (χ2n) is 4.66. The molecule has 0 saturated carbocycles. The molecule has 8 nitrogen and oxygen atoms in total. The summed E-state index contributed by atoms with van der Waals surface area (Å²) < 4.78 is 8.56. The average Bonchev–Trinajstić information content (AvgIpc) is 3.09. The molecule has 2 heterocycles. The highest BCUT2D eigenvalue weighted by molar-refractivity contribution is 6.00. The van der Waals surface area contributed by atoms with Gasteiger partial charge >= 0.3 is 5.97 Å². The van der Waals surface area contributed by atoms with E-state index in [-0.39, 0.29) is 5.84 Å². The summed E-state index contributed by atoms with van der Waals surface area (Å²) in [6, 6.07) is 1.70. The fourth-order valence-corrected chi connectivity index (χ4v) is 2.28. The normalized spacial score (nSPS) is 10.5. The smallest absolute Gasteiger partial charge is 0.354 e. The summed E-state index contributed by atoms with van der Waals surface area (Å²) in [4.78, 5) is 16.1. The zero-order chi connectivity index (χ0) is 16.3. The number of esters is 1. The van der Waals surface area contributed by atoms with Gasteiger partial charge in [0.1, 0.15) is 11.4 Å². The third kappa shape index (κ3) is 2.73. The van der Waals surface area contributed by atoms with Crippen LogP contribution in [-0.2, 0) is 18.3 Å². The second kappa shape index (κ2) is 6.44. The first-order valence-electron chi connectivity index (χ1n) is 6.91.